The molecular formula is C11H8Cl2N2O5S2. The topological polar surface area (TPSA) is 108 Å². The molecule has 0 fully saturated rings. The molecule has 118 valence electrons. The molecule has 0 saturated carbocycles. The van der Waals surface area contributed by atoms with Crippen LogP contribution < -0.4 is 4.31 Å². The lowest BCUT2D eigenvalue weighted by Crippen LogP contribution is -2.29. The summed E-state index contributed by atoms with van der Waals surface area (Å²) in [4.78, 5) is 14.5. The maximum Gasteiger partial charge on any atom is 0.362 e. The van der Waals surface area contributed by atoms with E-state index < -0.39 is 16.3 Å². The van der Waals surface area contributed by atoms with E-state index in [4.69, 9.17) is 28.3 Å². The van der Waals surface area contributed by atoms with Gasteiger partial charge in [0.1, 0.15) is 0 Å². The maximum atomic E-state index is 11.5. The van der Waals surface area contributed by atoms with Crippen LogP contribution in [0.5, 0.6) is 0 Å². The minimum Gasteiger partial charge on any atom is -0.476 e. The van der Waals surface area contributed by atoms with Gasteiger partial charge in [-0.3, -0.25) is 4.55 Å². The average Bonchev–Trinajstić information content (AvgIpc) is 2.87. The molecule has 2 aromatic rings. The number of aromatic nitrogens is 1. The van der Waals surface area contributed by atoms with Crippen LogP contribution in [-0.4, -0.2) is 29.0 Å². The lowest BCUT2D eigenvalue weighted by Gasteiger charge is -2.18. The summed E-state index contributed by atoms with van der Waals surface area (Å²) in [5, 5.41) is 10.4. The van der Waals surface area contributed by atoms with Crippen molar-refractivity contribution in [1.29, 1.82) is 0 Å². The van der Waals surface area contributed by atoms with Crippen LogP contribution >= 0.6 is 34.5 Å². The zero-order valence-electron chi connectivity index (χ0n) is 10.6. The number of anilines is 1. The lowest BCUT2D eigenvalue weighted by atomic mass is 10.2. The van der Waals surface area contributed by atoms with Gasteiger partial charge in [-0.1, -0.05) is 23.2 Å². The van der Waals surface area contributed by atoms with Crippen molar-refractivity contribution in [3.05, 3.63) is 44.9 Å². The van der Waals surface area contributed by atoms with Gasteiger partial charge in [0.2, 0.25) is 5.13 Å². The predicted octanol–water partition coefficient (Wildman–Crippen LogP) is 2.96. The molecule has 0 saturated heterocycles. The van der Waals surface area contributed by atoms with Crippen LogP contribution in [0.15, 0.2) is 23.6 Å². The highest BCUT2D eigenvalue weighted by atomic mass is 35.5. The largest absolute Gasteiger partial charge is 0.476 e. The van der Waals surface area contributed by atoms with Gasteiger partial charge in [-0.25, -0.2) is 14.1 Å². The summed E-state index contributed by atoms with van der Waals surface area (Å²) in [7, 11) is -4.67. The second-order valence-corrected chi connectivity index (χ2v) is 7.06. The molecular weight excluding hydrogens is 375 g/mol. The molecule has 0 radical (unpaired) electrons. The molecule has 1 heterocycles. The highest BCUT2D eigenvalue weighted by Crippen LogP contribution is 2.28. The standard InChI is InChI=1S/C11H8Cl2N2O5S2/c12-7-1-2-8(13)6(3-7)4-15(22(18,19)20)11-14-9(5-21-11)10(16)17/h1-3,5H,4H2,(H,16,17)(H,18,19,20). The Labute approximate surface area is 139 Å². The Kier molecular flexibility index (Phi) is 4.93. The highest BCUT2D eigenvalue weighted by molar-refractivity contribution is 7.87. The summed E-state index contributed by atoms with van der Waals surface area (Å²) in [6.07, 6.45) is 0. The average molecular weight is 383 g/mol. The van der Waals surface area contributed by atoms with Gasteiger partial charge in [0.15, 0.2) is 5.69 Å². The number of aromatic carboxylic acids is 1. The number of carbonyl (C=O) groups is 1. The lowest BCUT2D eigenvalue weighted by molar-refractivity contribution is 0.0691. The first-order chi connectivity index (χ1) is 10.2. The van der Waals surface area contributed by atoms with Crippen molar-refractivity contribution in [2.45, 2.75) is 6.54 Å². The second-order valence-electron chi connectivity index (χ2n) is 4.04. The summed E-state index contributed by atoms with van der Waals surface area (Å²) >= 11 is 12.5. The number of carboxylic acids is 1. The Bertz CT molecular complexity index is 822. The van der Waals surface area contributed by atoms with Gasteiger partial charge in [0.05, 0.1) is 6.54 Å². The first-order valence-corrected chi connectivity index (χ1v) is 8.59. The van der Waals surface area contributed by atoms with E-state index in [-0.39, 0.29) is 22.4 Å². The number of hydrogen-bond donors (Lipinski definition) is 2. The fourth-order valence-electron chi connectivity index (χ4n) is 1.54. The summed E-state index contributed by atoms with van der Waals surface area (Å²) in [6.45, 7) is -0.342. The second kappa shape index (κ2) is 6.39. The minimum atomic E-state index is -4.67. The van der Waals surface area contributed by atoms with Crippen LogP contribution in [-0.2, 0) is 16.8 Å². The normalized spacial score (nSPS) is 11.4. The Hall–Kier alpha value is -1.39. The SMILES string of the molecule is O=C(O)c1csc(N(Cc2cc(Cl)ccc2Cl)S(=O)(=O)O)n1. The Balaban J connectivity index is 2.43. The molecule has 1 aromatic heterocycles. The highest BCUT2D eigenvalue weighted by Gasteiger charge is 2.25. The molecule has 7 nitrogen and oxygen atoms in total. The maximum absolute atomic E-state index is 11.5. The number of thiazole rings is 1. The predicted molar refractivity (Wildman–Crippen MR) is 83.3 cm³/mol. The molecule has 11 heteroatoms. The fourth-order valence-corrected chi connectivity index (χ4v) is 3.57. The number of carboxylic acid groups (broad SMARTS) is 1. The monoisotopic (exact) mass is 382 g/mol. The molecule has 1 aromatic carbocycles. The van der Waals surface area contributed by atoms with Gasteiger partial charge in [-0.15, -0.1) is 11.3 Å². The third-order valence-electron chi connectivity index (χ3n) is 2.52. The summed E-state index contributed by atoms with van der Waals surface area (Å²) < 4.78 is 33.0. The van der Waals surface area contributed by atoms with Crippen molar-refractivity contribution in [3.63, 3.8) is 0 Å². The third-order valence-corrected chi connectivity index (χ3v) is 4.97. The molecule has 0 aliphatic rings. The molecule has 0 spiro atoms. The Morgan fingerprint density at radius 1 is 1.36 bits per heavy atom. The molecule has 0 aliphatic heterocycles. The number of rotatable bonds is 5. The zero-order valence-corrected chi connectivity index (χ0v) is 13.7. The van der Waals surface area contributed by atoms with Gasteiger partial charge in [-0.2, -0.15) is 8.42 Å². The number of benzene rings is 1. The van der Waals surface area contributed by atoms with Crippen molar-refractivity contribution < 1.29 is 22.9 Å². The molecule has 22 heavy (non-hydrogen) atoms. The summed E-state index contributed by atoms with van der Waals surface area (Å²) in [5.74, 6) is -1.31. The van der Waals surface area contributed by atoms with Crippen molar-refractivity contribution in [2.24, 2.45) is 0 Å². The van der Waals surface area contributed by atoms with Gasteiger partial charge >= 0.3 is 16.3 Å². The van der Waals surface area contributed by atoms with Crippen LogP contribution in [0.2, 0.25) is 10.0 Å². The fraction of sp³-hybridized carbons (Fsp3) is 0.0909. The molecule has 0 aliphatic carbocycles. The summed E-state index contributed by atoms with van der Waals surface area (Å²) in [6, 6.07) is 4.44. The molecule has 0 bridgehead atoms. The van der Waals surface area contributed by atoms with Crippen LogP contribution in [0, 0.1) is 0 Å². The number of hydrogen-bond acceptors (Lipinski definition) is 5. The van der Waals surface area contributed by atoms with E-state index in [1.54, 1.807) is 0 Å². The van der Waals surface area contributed by atoms with Gasteiger partial charge in [-0.05, 0) is 23.8 Å². The van der Waals surface area contributed by atoms with E-state index in [2.05, 4.69) is 4.98 Å². The van der Waals surface area contributed by atoms with Crippen molar-refractivity contribution in [3.8, 4) is 0 Å². The van der Waals surface area contributed by atoms with Gasteiger partial charge < -0.3 is 5.11 Å². The minimum absolute atomic E-state index is 0.198. The smallest absolute Gasteiger partial charge is 0.362 e. The number of halogens is 2. The van der Waals surface area contributed by atoms with Gasteiger partial charge in [0.25, 0.3) is 0 Å². The first-order valence-electron chi connectivity index (χ1n) is 5.56. The third kappa shape index (κ3) is 3.87. The Morgan fingerprint density at radius 2 is 2.05 bits per heavy atom. The molecule has 0 unspecified atom stereocenters. The summed E-state index contributed by atoms with van der Waals surface area (Å²) in [5.41, 5.74) is 0.00436. The van der Waals surface area contributed by atoms with E-state index in [0.29, 0.717) is 14.9 Å². The van der Waals surface area contributed by atoms with Crippen molar-refractivity contribution >= 4 is 55.9 Å². The molecule has 2 N–H and O–H groups in total. The van der Waals surface area contributed by atoms with Crippen LogP contribution in [0.1, 0.15) is 16.1 Å². The van der Waals surface area contributed by atoms with Crippen molar-refractivity contribution in [1.82, 2.24) is 4.98 Å². The Morgan fingerprint density at radius 3 is 2.59 bits per heavy atom. The molecule has 0 atom stereocenters. The number of nitrogens with zero attached hydrogens (tertiary/aromatic N) is 2. The van der Waals surface area contributed by atoms with Crippen LogP contribution in [0.3, 0.4) is 0 Å². The van der Waals surface area contributed by atoms with Crippen LogP contribution in [0.25, 0.3) is 0 Å². The van der Waals surface area contributed by atoms with Crippen LogP contribution in [0.4, 0.5) is 5.13 Å². The first kappa shape index (κ1) is 17.0. The van der Waals surface area contributed by atoms with Gasteiger partial charge in [0, 0.05) is 15.4 Å². The van der Waals surface area contributed by atoms with Crippen molar-refractivity contribution in [2.75, 3.05) is 4.31 Å². The van der Waals surface area contributed by atoms with E-state index in [9.17, 15) is 17.8 Å². The van der Waals surface area contributed by atoms with E-state index in [0.717, 1.165) is 16.7 Å². The van der Waals surface area contributed by atoms with E-state index >= 15 is 0 Å². The quantitative estimate of drug-likeness (QED) is 0.769. The van der Waals surface area contributed by atoms with E-state index in [1.807, 2.05) is 0 Å². The molecule has 0 amide bonds. The molecule has 2 rings (SSSR count). The zero-order chi connectivity index (χ0) is 16.5. The van der Waals surface area contributed by atoms with E-state index in [1.165, 1.54) is 18.2 Å².